The van der Waals surface area contributed by atoms with E-state index in [-0.39, 0.29) is 11.6 Å². The second-order valence-electron chi connectivity index (χ2n) is 9.72. The third kappa shape index (κ3) is 5.71. The molecule has 2 heteroatoms. The molecule has 0 bridgehead atoms. The average molecular weight is 495 g/mol. The zero-order valence-corrected chi connectivity index (χ0v) is 21.8. The minimum atomic E-state index is 0.00874. The molecule has 0 saturated heterocycles. The van der Waals surface area contributed by atoms with Crippen molar-refractivity contribution in [1.29, 1.82) is 0 Å². The van der Waals surface area contributed by atoms with Gasteiger partial charge in [0.15, 0.2) is 11.6 Å². The molecule has 5 rings (SSSR count). The van der Waals surface area contributed by atoms with Crippen LogP contribution in [0.4, 0.5) is 0 Å². The molecule has 5 aromatic rings. The zero-order chi connectivity index (χ0) is 26.5. The van der Waals surface area contributed by atoms with Gasteiger partial charge in [-0.25, -0.2) is 0 Å². The van der Waals surface area contributed by atoms with Crippen LogP contribution in [0.1, 0.15) is 61.0 Å². The Kier molecular flexibility index (Phi) is 7.42. The Morgan fingerprint density at radius 2 is 0.763 bits per heavy atom. The number of carbonyl (C=O) groups excluding carboxylic acids is 2. The minimum Gasteiger partial charge on any atom is -0.289 e. The Bertz CT molecular complexity index is 1540. The second kappa shape index (κ2) is 11.2. The van der Waals surface area contributed by atoms with Gasteiger partial charge in [0.1, 0.15) is 0 Å². The summed E-state index contributed by atoms with van der Waals surface area (Å²) < 4.78 is 0. The first-order valence-electron chi connectivity index (χ1n) is 13.0. The zero-order valence-electron chi connectivity index (χ0n) is 21.8. The Hall–Kier alpha value is -4.56. The third-order valence-corrected chi connectivity index (χ3v) is 7.00. The summed E-state index contributed by atoms with van der Waals surface area (Å²) in [6, 6.07) is 39.5. The van der Waals surface area contributed by atoms with E-state index in [9.17, 15) is 9.59 Å². The standard InChI is InChI=1S/C36H30O2/c1-3-26-6-8-27(9-7-26)24-28-10-14-32(15-11-28)36(38)34-22-18-30(19-23-34)29-16-20-33(21-17-29)35(37)31-12-4-25(2)5-13-31/h4-23H,3,24H2,1-2H3. The molecule has 0 aliphatic rings. The minimum absolute atomic E-state index is 0.00874. The fourth-order valence-electron chi connectivity index (χ4n) is 4.57. The van der Waals surface area contributed by atoms with E-state index in [0.717, 1.165) is 29.5 Å². The third-order valence-electron chi connectivity index (χ3n) is 7.00. The maximum Gasteiger partial charge on any atom is 0.193 e. The lowest BCUT2D eigenvalue weighted by Crippen LogP contribution is -2.02. The lowest BCUT2D eigenvalue weighted by Gasteiger charge is -2.07. The number of benzene rings is 5. The molecule has 0 heterocycles. The molecule has 5 aromatic carbocycles. The highest BCUT2D eigenvalue weighted by Crippen LogP contribution is 2.23. The SMILES string of the molecule is CCc1ccc(Cc2ccc(C(=O)c3ccc(-c4ccc(C(=O)c5ccc(C)cc5)cc4)cc3)cc2)cc1. The van der Waals surface area contributed by atoms with Crippen LogP contribution in [-0.4, -0.2) is 11.6 Å². The summed E-state index contributed by atoms with van der Waals surface area (Å²) in [6.45, 7) is 4.17. The smallest absolute Gasteiger partial charge is 0.193 e. The van der Waals surface area contributed by atoms with Gasteiger partial charge in [-0.1, -0.05) is 134 Å². The Balaban J connectivity index is 1.24. The lowest BCUT2D eigenvalue weighted by molar-refractivity contribution is 0.103. The molecule has 0 radical (unpaired) electrons. The molecule has 38 heavy (non-hydrogen) atoms. The highest BCUT2D eigenvalue weighted by molar-refractivity contribution is 6.10. The van der Waals surface area contributed by atoms with Crippen LogP contribution in [0.15, 0.2) is 121 Å². The Labute approximate surface area is 224 Å². The van der Waals surface area contributed by atoms with Crippen molar-refractivity contribution < 1.29 is 9.59 Å². The molecule has 0 fully saturated rings. The molecule has 186 valence electrons. The van der Waals surface area contributed by atoms with Crippen molar-refractivity contribution in [3.8, 4) is 11.1 Å². The van der Waals surface area contributed by atoms with Crippen molar-refractivity contribution in [2.75, 3.05) is 0 Å². The molecule has 0 aliphatic heterocycles. The van der Waals surface area contributed by atoms with Crippen molar-refractivity contribution in [2.45, 2.75) is 26.7 Å². The summed E-state index contributed by atoms with van der Waals surface area (Å²) in [5, 5.41) is 0. The van der Waals surface area contributed by atoms with Gasteiger partial charge in [-0.15, -0.1) is 0 Å². The topological polar surface area (TPSA) is 34.1 Å². The first-order chi connectivity index (χ1) is 18.5. The molecular weight excluding hydrogens is 464 g/mol. The fraction of sp³-hybridized carbons (Fsp3) is 0.111. The maximum atomic E-state index is 13.1. The van der Waals surface area contributed by atoms with Crippen LogP contribution in [0.5, 0.6) is 0 Å². The largest absolute Gasteiger partial charge is 0.289 e. The normalized spacial score (nSPS) is 10.8. The Morgan fingerprint density at radius 3 is 1.16 bits per heavy atom. The van der Waals surface area contributed by atoms with Gasteiger partial charge in [-0.2, -0.15) is 0 Å². The number of ketones is 2. The summed E-state index contributed by atoms with van der Waals surface area (Å²) in [4.78, 5) is 25.8. The predicted molar refractivity (Wildman–Crippen MR) is 155 cm³/mol. The molecule has 0 aliphatic carbocycles. The monoisotopic (exact) mass is 494 g/mol. The number of rotatable bonds is 8. The molecule has 0 spiro atoms. The van der Waals surface area contributed by atoms with Crippen molar-refractivity contribution in [3.63, 3.8) is 0 Å². The van der Waals surface area contributed by atoms with Crippen LogP contribution >= 0.6 is 0 Å². The first-order valence-corrected chi connectivity index (χ1v) is 13.0. The number of hydrogen-bond donors (Lipinski definition) is 0. The van der Waals surface area contributed by atoms with Gasteiger partial charge >= 0.3 is 0 Å². The highest BCUT2D eigenvalue weighted by Gasteiger charge is 2.11. The van der Waals surface area contributed by atoms with E-state index < -0.39 is 0 Å². The van der Waals surface area contributed by atoms with Crippen molar-refractivity contribution in [2.24, 2.45) is 0 Å². The number of carbonyl (C=O) groups is 2. The van der Waals surface area contributed by atoms with Crippen molar-refractivity contribution in [1.82, 2.24) is 0 Å². The molecule has 0 amide bonds. The van der Waals surface area contributed by atoms with Gasteiger partial charge in [0.25, 0.3) is 0 Å². The van der Waals surface area contributed by atoms with Crippen molar-refractivity contribution in [3.05, 3.63) is 166 Å². The molecule has 0 saturated carbocycles. The van der Waals surface area contributed by atoms with E-state index in [1.807, 2.05) is 104 Å². The van der Waals surface area contributed by atoms with Crippen LogP contribution < -0.4 is 0 Å². The highest BCUT2D eigenvalue weighted by atomic mass is 16.1. The molecule has 0 N–H and O–H groups in total. The van der Waals surface area contributed by atoms with Crippen LogP contribution in [-0.2, 0) is 12.8 Å². The maximum absolute atomic E-state index is 13.1. The molecule has 2 nitrogen and oxygen atoms in total. The molecule has 0 unspecified atom stereocenters. The van der Waals surface area contributed by atoms with Gasteiger partial charge < -0.3 is 0 Å². The van der Waals surface area contributed by atoms with Crippen molar-refractivity contribution >= 4 is 11.6 Å². The summed E-state index contributed by atoms with van der Waals surface area (Å²) >= 11 is 0. The van der Waals surface area contributed by atoms with Gasteiger partial charge in [0.2, 0.25) is 0 Å². The van der Waals surface area contributed by atoms with E-state index in [0.29, 0.717) is 22.3 Å². The summed E-state index contributed by atoms with van der Waals surface area (Å²) in [5.74, 6) is 0.0207. The van der Waals surface area contributed by atoms with Crippen LogP contribution in [0.2, 0.25) is 0 Å². The summed E-state index contributed by atoms with van der Waals surface area (Å²) in [5.41, 5.74) is 9.60. The van der Waals surface area contributed by atoms with Crippen LogP contribution in [0.3, 0.4) is 0 Å². The lowest BCUT2D eigenvalue weighted by atomic mass is 9.96. The molecule has 0 aromatic heterocycles. The summed E-state index contributed by atoms with van der Waals surface area (Å²) in [6.07, 6.45) is 1.89. The number of aryl methyl sites for hydroxylation is 2. The first kappa shape index (κ1) is 25.1. The predicted octanol–water partition coefficient (Wildman–Crippen LogP) is 8.28. The quantitative estimate of drug-likeness (QED) is 0.203. The molecule has 0 atom stereocenters. The summed E-state index contributed by atoms with van der Waals surface area (Å²) in [7, 11) is 0. The van der Waals surface area contributed by atoms with Crippen LogP contribution in [0, 0.1) is 6.92 Å². The van der Waals surface area contributed by atoms with E-state index in [2.05, 4.69) is 31.2 Å². The van der Waals surface area contributed by atoms with Gasteiger partial charge in [-0.05, 0) is 47.6 Å². The van der Waals surface area contributed by atoms with Gasteiger partial charge in [0.05, 0.1) is 0 Å². The van der Waals surface area contributed by atoms with E-state index in [1.54, 1.807) is 0 Å². The van der Waals surface area contributed by atoms with Crippen LogP contribution in [0.25, 0.3) is 11.1 Å². The fourth-order valence-corrected chi connectivity index (χ4v) is 4.57. The van der Waals surface area contributed by atoms with E-state index in [4.69, 9.17) is 0 Å². The molecular formula is C36H30O2. The van der Waals surface area contributed by atoms with Gasteiger partial charge in [0, 0.05) is 22.3 Å². The Morgan fingerprint density at radius 1 is 0.447 bits per heavy atom. The van der Waals surface area contributed by atoms with Gasteiger partial charge in [-0.3, -0.25) is 9.59 Å². The number of hydrogen-bond acceptors (Lipinski definition) is 2. The van der Waals surface area contributed by atoms with E-state index in [1.165, 1.54) is 16.7 Å². The average Bonchev–Trinajstić information content (AvgIpc) is 2.98. The van der Waals surface area contributed by atoms with E-state index >= 15 is 0 Å². The second-order valence-corrected chi connectivity index (χ2v) is 9.72.